The minimum absolute atomic E-state index is 0.579. The maximum absolute atomic E-state index is 5.80. The van der Waals surface area contributed by atoms with Crippen molar-refractivity contribution >= 4 is 11.6 Å². The van der Waals surface area contributed by atoms with Crippen LogP contribution >= 0.6 is 11.6 Å². The van der Waals surface area contributed by atoms with Gasteiger partial charge in [-0.25, -0.2) is 0 Å². The van der Waals surface area contributed by atoms with Crippen molar-refractivity contribution in [2.75, 3.05) is 19.1 Å². The summed E-state index contributed by atoms with van der Waals surface area (Å²) < 4.78 is 5.58. The lowest BCUT2D eigenvalue weighted by Gasteiger charge is -2.12. The molecule has 0 bridgehead atoms. The third-order valence-electron chi connectivity index (χ3n) is 2.32. The largest absolute Gasteiger partial charge is 0.381 e. The molecule has 12 heavy (non-hydrogen) atoms. The zero-order chi connectivity index (χ0) is 8.81. The molecule has 1 aliphatic carbocycles. The van der Waals surface area contributed by atoms with Crippen molar-refractivity contribution in [2.45, 2.75) is 32.6 Å². The molecule has 1 nitrogen and oxygen atoms in total. The topological polar surface area (TPSA) is 9.23 Å². The van der Waals surface area contributed by atoms with Crippen LogP contribution in [0.1, 0.15) is 32.6 Å². The van der Waals surface area contributed by atoms with Gasteiger partial charge in [0.15, 0.2) is 0 Å². The highest BCUT2D eigenvalue weighted by molar-refractivity contribution is 6.18. The zero-order valence-corrected chi connectivity index (χ0v) is 8.65. The van der Waals surface area contributed by atoms with Crippen molar-refractivity contribution in [1.29, 1.82) is 0 Å². The van der Waals surface area contributed by atoms with Crippen molar-refractivity contribution in [1.82, 2.24) is 0 Å². The number of alkyl halides is 1. The van der Waals surface area contributed by atoms with Gasteiger partial charge in [0.05, 0.1) is 6.61 Å². The van der Waals surface area contributed by atoms with Crippen LogP contribution in [0.25, 0.3) is 0 Å². The first-order valence-corrected chi connectivity index (χ1v) is 5.54. The van der Waals surface area contributed by atoms with Gasteiger partial charge in [-0.15, -0.1) is 11.6 Å². The van der Waals surface area contributed by atoms with Gasteiger partial charge in [-0.1, -0.05) is 13.3 Å². The fraction of sp³-hybridized carbons (Fsp3) is 1.00. The Morgan fingerprint density at radius 1 is 1.50 bits per heavy atom. The van der Waals surface area contributed by atoms with Crippen molar-refractivity contribution in [3.8, 4) is 0 Å². The molecule has 1 fully saturated rings. The van der Waals surface area contributed by atoms with Crippen LogP contribution in [0, 0.1) is 11.8 Å². The Bertz CT molecular complexity index is 112. The van der Waals surface area contributed by atoms with E-state index in [0.29, 0.717) is 5.92 Å². The van der Waals surface area contributed by atoms with Crippen LogP contribution in [-0.4, -0.2) is 19.1 Å². The normalized spacial score (nSPS) is 19.5. The third-order valence-corrected chi connectivity index (χ3v) is 2.76. The van der Waals surface area contributed by atoms with E-state index >= 15 is 0 Å². The summed E-state index contributed by atoms with van der Waals surface area (Å²) >= 11 is 5.80. The van der Waals surface area contributed by atoms with Crippen LogP contribution in [0.15, 0.2) is 0 Å². The second-order valence-corrected chi connectivity index (χ2v) is 4.10. The van der Waals surface area contributed by atoms with Gasteiger partial charge in [-0.2, -0.15) is 0 Å². The molecule has 1 atom stereocenters. The van der Waals surface area contributed by atoms with Crippen LogP contribution in [0.3, 0.4) is 0 Å². The SMILES string of the molecule is CCCC(CCl)COCC1CC1. The quantitative estimate of drug-likeness (QED) is 0.561. The number of ether oxygens (including phenoxy) is 1. The molecule has 1 unspecified atom stereocenters. The smallest absolute Gasteiger partial charge is 0.0505 e. The minimum atomic E-state index is 0.579. The van der Waals surface area contributed by atoms with E-state index in [1.54, 1.807) is 0 Å². The summed E-state index contributed by atoms with van der Waals surface area (Å²) in [6.07, 6.45) is 5.16. The number of halogens is 1. The fourth-order valence-electron chi connectivity index (χ4n) is 1.30. The fourth-order valence-corrected chi connectivity index (χ4v) is 1.54. The Kier molecular flexibility index (Phi) is 5.01. The lowest BCUT2D eigenvalue weighted by molar-refractivity contribution is 0.0945. The lowest BCUT2D eigenvalue weighted by atomic mass is 10.1. The molecular formula is C10H19ClO. The molecule has 1 saturated carbocycles. The Balaban J connectivity index is 1.93. The first-order chi connectivity index (χ1) is 5.86. The predicted octanol–water partition coefficient (Wildman–Crippen LogP) is 3.07. The van der Waals surface area contributed by atoms with Crippen LogP contribution < -0.4 is 0 Å². The van der Waals surface area contributed by atoms with Crippen LogP contribution in [0.5, 0.6) is 0 Å². The van der Waals surface area contributed by atoms with E-state index in [1.807, 2.05) is 0 Å². The number of hydrogen-bond acceptors (Lipinski definition) is 1. The molecule has 2 heteroatoms. The second-order valence-electron chi connectivity index (χ2n) is 3.79. The third kappa shape index (κ3) is 4.32. The van der Waals surface area contributed by atoms with Crippen molar-refractivity contribution < 1.29 is 4.74 Å². The molecule has 0 aromatic rings. The van der Waals surface area contributed by atoms with Crippen molar-refractivity contribution in [2.24, 2.45) is 11.8 Å². The summed E-state index contributed by atoms with van der Waals surface area (Å²) in [5.74, 6) is 2.21. The minimum Gasteiger partial charge on any atom is -0.381 e. The summed E-state index contributed by atoms with van der Waals surface area (Å²) in [5, 5.41) is 0. The van der Waals surface area contributed by atoms with E-state index in [-0.39, 0.29) is 0 Å². The Labute approximate surface area is 80.4 Å². The van der Waals surface area contributed by atoms with Gasteiger partial charge in [0.25, 0.3) is 0 Å². The molecule has 0 aromatic heterocycles. The highest BCUT2D eigenvalue weighted by Crippen LogP contribution is 2.29. The molecule has 1 aliphatic rings. The Hall–Kier alpha value is 0.250. The zero-order valence-electron chi connectivity index (χ0n) is 7.89. The number of rotatable bonds is 7. The van der Waals surface area contributed by atoms with Gasteiger partial charge in [0.2, 0.25) is 0 Å². The molecular weight excluding hydrogens is 172 g/mol. The maximum atomic E-state index is 5.80. The second kappa shape index (κ2) is 5.82. The van der Waals surface area contributed by atoms with E-state index in [1.165, 1.54) is 25.7 Å². The molecule has 0 aliphatic heterocycles. The van der Waals surface area contributed by atoms with Gasteiger partial charge >= 0.3 is 0 Å². The van der Waals surface area contributed by atoms with Gasteiger partial charge in [-0.3, -0.25) is 0 Å². The summed E-state index contributed by atoms with van der Waals surface area (Å²) in [5.41, 5.74) is 0. The van der Waals surface area contributed by atoms with E-state index in [0.717, 1.165) is 25.0 Å². The van der Waals surface area contributed by atoms with Crippen LogP contribution in [-0.2, 0) is 4.74 Å². The van der Waals surface area contributed by atoms with Crippen LogP contribution in [0.2, 0.25) is 0 Å². The highest BCUT2D eigenvalue weighted by Gasteiger charge is 2.21. The molecule has 0 N–H and O–H groups in total. The molecule has 0 saturated heterocycles. The standard InChI is InChI=1S/C10H19ClO/c1-2-3-10(6-11)8-12-7-9-4-5-9/h9-10H,2-8H2,1H3. The molecule has 1 rings (SSSR count). The lowest BCUT2D eigenvalue weighted by Crippen LogP contribution is -2.12. The molecule has 0 spiro atoms. The van der Waals surface area contributed by atoms with E-state index < -0.39 is 0 Å². The predicted molar refractivity (Wildman–Crippen MR) is 52.7 cm³/mol. The van der Waals surface area contributed by atoms with Gasteiger partial charge < -0.3 is 4.74 Å². The number of hydrogen-bond donors (Lipinski definition) is 0. The summed E-state index contributed by atoms with van der Waals surface area (Å²) in [7, 11) is 0. The molecule has 72 valence electrons. The van der Waals surface area contributed by atoms with Gasteiger partial charge in [-0.05, 0) is 31.1 Å². The van der Waals surface area contributed by atoms with Gasteiger partial charge in [0, 0.05) is 12.5 Å². The van der Waals surface area contributed by atoms with Gasteiger partial charge in [0.1, 0.15) is 0 Å². The summed E-state index contributed by atoms with van der Waals surface area (Å²) in [6.45, 7) is 4.03. The van der Waals surface area contributed by atoms with Crippen molar-refractivity contribution in [3.05, 3.63) is 0 Å². The Morgan fingerprint density at radius 2 is 2.25 bits per heavy atom. The maximum Gasteiger partial charge on any atom is 0.0505 e. The van der Waals surface area contributed by atoms with Crippen molar-refractivity contribution in [3.63, 3.8) is 0 Å². The summed E-state index contributed by atoms with van der Waals surface area (Å²) in [6, 6.07) is 0. The van der Waals surface area contributed by atoms with E-state index in [9.17, 15) is 0 Å². The van der Waals surface area contributed by atoms with E-state index in [2.05, 4.69) is 6.92 Å². The average Bonchev–Trinajstić information content (AvgIpc) is 2.87. The molecule has 0 amide bonds. The average molecular weight is 191 g/mol. The Morgan fingerprint density at radius 3 is 2.75 bits per heavy atom. The highest BCUT2D eigenvalue weighted by atomic mass is 35.5. The van der Waals surface area contributed by atoms with Crippen LogP contribution in [0.4, 0.5) is 0 Å². The monoisotopic (exact) mass is 190 g/mol. The summed E-state index contributed by atoms with van der Waals surface area (Å²) in [4.78, 5) is 0. The molecule has 0 heterocycles. The van der Waals surface area contributed by atoms with E-state index in [4.69, 9.17) is 16.3 Å². The molecule has 0 aromatic carbocycles. The molecule has 0 radical (unpaired) electrons. The first-order valence-electron chi connectivity index (χ1n) is 5.00. The first kappa shape index (κ1) is 10.3.